The van der Waals surface area contributed by atoms with E-state index in [9.17, 15) is 9.59 Å². The van der Waals surface area contributed by atoms with Crippen LogP contribution in [0.5, 0.6) is 0 Å². The van der Waals surface area contributed by atoms with Gasteiger partial charge in [-0.3, -0.25) is 9.59 Å². The van der Waals surface area contributed by atoms with Gasteiger partial charge in [0.05, 0.1) is 6.42 Å². The normalized spacial score (nSPS) is 18.9. The molecule has 0 aromatic heterocycles. The minimum absolute atomic E-state index is 0.0347. The number of hydrogen-bond acceptors (Lipinski definition) is 2. The molecule has 4 heteroatoms. The number of hydrogen-bond donors (Lipinski definition) is 2. The first-order chi connectivity index (χ1) is 9.56. The summed E-state index contributed by atoms with van der Waals surface area (Å²) in [4.78, 5) is 22.6. The van der Waals surface area contributed by atoms with Crippen LogP contribution in [-0.4, -0.2) is 23.0 Å². The van der Waals surface area contributed by atoms with Crippen LogP contribution in [0.15, 0.2) is 24.3 Å². The van der Waals surface area contributed by atoms with Gasteiger partial charge in [-0.2, -0.15) is 0 Å². The molecule has 1 aromatic rings. The Morgan fingerprint density at radius 1 is 1.40 bits per heavy atom. The van der Waals surface area contributed by atoms with Crippen molar-refractivity contribution < 1.29 is 14.7 Å². The van der Waals surface area contributed by atoms with Gasteiger partial charge in [0.2, 0.25) is 5.91 Å². The molecule has 0 saturated carbocycles. The van der Waals surface area contributed by atoms with Gasteiger partial charge in [0, 0.05) is 12.5 Å². The van der Waals surface area contributed by atoms with Gasteiger partial charge in [0.15, 0.2) is 0 Å². The van der Waals surface area contributed by atoms with Gasteiger partial charge in [-0.1, -0.05) is 24.3 Å². The number of amides is 1. The van der Waals surface area contributed by atoms with Crippen LogP contribution in [0.2, 0.25) is 0 Å². The SMILES string of the molecule is CC(CC(=O)O)NC(=O)CC1CCCc2ccccc21. The fraction of sp³-hybridized carbons (Fsp3) is 0.500. The van der Waals surface area contributed by atoms with Crippen molar-refractivity contribution in [2.75, 3.05) is 0 Å². The smallest absolute Gasteiger partial charge is 0.305 e. The molecule has 4 nitrogen and oxygen atoms in total. The molecule has 2 N–H and O–H groups in total. The summed E-state index contributed by atoms with van der Waals surface area (Å²) in [6, 6.07) is 7.97. The molecule has 1 aromatic carbocycles. The number of aliphatic carboxylic acids is 1. The molecular weight excluding hydrogens is 254 g/mol. The van der Waals surface area contributed by atoms with E-state index in [1.807, 2.05) is 12.1 Å². The molecule has 2 unspecified atom stereocenters. The first-order valence-electron chi connectivity index (χ1n) is 7.15. The molecule has 0 heterocycles. The van der Waals surface area contributed by atoms with Crippen molar-refractivity contribution in [1.29, 1.82) is 0 Å². The fourth-order valence-electron chi connectivity index (χ4n) is 2.94. The molecule has 1 aliphatic carbocycles. The average molecular weight is 275 g/mol. The van der Waals surface area contributed by atoms with Gasteiger partial charge in [-0.15, -0.1) is 0 Å². The molecule has 0 saturated heterocycles. The minimum Gasteiger partial charge on any atom is -0.481 e. The lowest BCUT2D eigenvalue weighted by atomic mass is 9.81. The Balaban J connectivity index is 1.94. The molecule has 0 bridgehead atoms. The second-order valence-corrected chi connectivity index (χ2v) is 5.56. The molecule has 0 radical (unpaired) electrons. The van der Waals surface area contributed by atoms with E-state index >= 15 is 0 Å². The van der Waals surface area contributed by atoms with Crippen molar-refractivity contribution in [3.63, 3.8) is 0 Å². The van der Waals surface area contributed by atoms with Crippen LogP contribution in [0.3, 0.4) is 0 Å². The molecule has 0 aliphatic heterocycles. The Hall–Kier alpha value is -1.84. The number of carboxylic acid groups (broad SMARTS) is 1. The second kappa shape index (κ2) is 6.55. The molecular formula is C16H21NO3. The predicted molar refractivity (Wildman–Crippen MR) is 76.6 cm³/mol. The van der Waals surface area contributed by atoms with E-state index in [-0.39, 0.29) is 24.3 Å². The zero-order valence-corrected chi connectivity index (χ0v) is 11.8. The molecule has 0 fully saturated rings. The van der Waals surface area contributed by atoms with Crippen molar-refractivity contribution in [2.24, 2.45) is 0 Å². The monoisotopic (exact) mass is 275 g/mol. The van der Waals surface area contributed by atoms with E-state index in [2.05, 4.69) is 17.4 Å². The highest BCUT2D eigenvalue weighted by atomic mass is 16.4. The highest BCUT2D eigenvalue weighted by Gasteiger charge is 2.23. The Morgan fingerprint density at radius 3 is 2.90 bits per heavy atom. The van der Waals surface area contributed by atoms with E-state index in [1.54, 1.807) is 6.92 Å². The largest absolute Gasteiger partial charge is 0.481 e. The number of benzene rings is 1. The Kier molecular flexibility index (Phi) is 4.77. The standard InChI is InChI=1S/C16H21NO3/c1-11(9-16(19)20)17-15(18)10-13-7-4-6-12-5-2-3-8-14(12)13/h2-3,5,8,11,13H,4,6-7,9-10H2,1H3,(H,17,18)(H,19,20). The van der Waals surface area contributed by atoms with Gasteiger partial charge >= 0.3 is 5.97 Å². The summed E-state index contributed by atoms with van der Waals surface area (Å²) < 4.78 is 0. The third-order valence-corrected chi connectivity index (χ3v) is 3.81. The summed E-state index contributed by atoms with van der Waals surface area (Å²) in [5.74, 6) is -0.682. The lowest BCUT2D eigenvalue weighted by molar-refractivity contribution is -0.137. The molecule has 1 amide bonds. The van der Waals surface area contributed by atoms with Crippen molar-refractivity contribution >= 4 is 11.9 Å². The molecule has 1 aliphatic rings. The van der Waals surface area contributed by atoms with Gasteiger partial charge < -0.3 is 10.4 Å². The number of rotatable bonds is 5. The number of aryl methyl sites for hydroxylation is 1. The van der Waals surface area contributed by atoms with Crippen LogP contribution in [0.25, 0.3) is 0 Å². The first-order valence-corrected chi connectivity index (χ1v) is 7.15. The van der Waals surface area contributed by atoms with Crippen LogP contribution >= 0.6 is 0 Å². The first kappa shape index (κ1) is 14.6. The van der Waals surface area contributed by atoms with Gasteiger partial charge in [-0.05, 0) is 43.2 Å². The summed E-state index contributed by atoms with van der Waals surface area (Å²) in [6.07, 6.45) is 3.63. The van der Waals surface area contributed by atoms with Crippen LogP contribution in [0.4, 0.5) is 0 Å². The van der Waals surface area contributed by atoms with Gasteiger partial charge in [0.25, 0.3) is 0 Å². The van der Waals surface area contributed by atoms with E-state index in [1.165, 1.54) is 11.1 Å². The summed E-state index contributed by atoms with van der Waals surface area (Å²) >= 11 is 0. The molecule has 108 valence electrons. The third kappa shape index (κ3) is 3.83. The maximum atomic E-state index is 12.0. The zero-order valence-electron chi connectivity index (χ0n) is 11.8. The maximum absolute atomic E-state index is 12.0. The lowest BCUT2D eigenvalue weighted by Gasteiger charge is -2.25. The van der Waals surface area contributed by atoms with Gasteiger partial charge in [-0.25, -0.2) is 0 Å². The Labute approximate surface area is 119 Å². The summed E-state index contributed by atoms with van der Waals surface area (Å²) in [6.45, 7) is 1.72. The number of carbonyl (C=O) groups excluding carboxylic acids is 1. The van der Waals surface area contributed by atoms with Crippen LogP contribution in [-0.2, 0) is 16.0 Å². The molecule has 0 spiro atoms. The van der Waals surface area contributed by atoms with Crippen LogP contribution < -0.4 is 5.32 Å². The van der Waals surface area contributed by atoms with Crippen molar-refractivity contribution in [2.45, 2.75) is 51.0 Å². The molecule has 2 rings (SSSR count). The quantitative estimate of drug-likeness (QED) is 0.867. The third-order valence-electron chi connectivity index (χ3n) is 3.81. The van der Waals surface area contributed by atoms with Crippen molar-refractivity contribution in [3.05, 3.63) is 35.4 Å². The Morgan fingerprint density at radius 2 is 2.15 bits per heavy atom. The summed E-state index contributed by atoms with van der Waals surface area (Å²) in [5, 5.41) is 11.5. The van der Waals surface area contributed by atoms with E-state index in [0.29, 0.717) is 6.42 Å². The molecule has 2 atom stereocenters. The fourth-order valence-corrected chi connectivity index (χ4v) is 2.94. The topological polar surface area (TPSA) is 66.4 Å². The summed E-state index contributed by atoms with van der Waals surface area (Å²) in [7, 11) is 0. The number of carboxylic acids is 1. The highest BCUT2D eigenvalue weighted by Crippen LogP contribution is 2.33. The maximum Gasteiger partial charge on any atom is 0.305 e. The summed E-state index contributed by atoms with van der Waals surface area (Å²) in [5.41, 5.74) is 2.62. The van der Waals surface area contributed by atoms with Crippen molar-refractivity contribution in [1.82, 2.24) is 5.32 Å². The Bertz CT molecular complexity index is 498. The molecule has 20 heavy (non-hydrogen) atoms. The van der Waals surface area contributed by atoms with Crippen molar-refractivity contribution in [3.8, 4) is 0 Å². The highest BCUT2D eigenvalue weighted by molar-refractivity contribution is 5.78. The lowest BCUT2D eigenvalue weighted by Crippen LogP contribution is -2.35. The second-order valence-electron chi connectivity index (χ2n) is 5.56. The van der Waals surface area contributed by atoms with E-state index < -0.39 is 5.97 Å². The number of nitrogens with one attached hydrogen (secondary N) is 1. The predicted octanol–water partition coefficient (Wildman–Crippen LogP) is 2.48. The number of carbonyl (C=O) groups is 2. The zero-order chi connectivity index (χ0) is 14.5. The van der Waals surface area contributed by atoms with Crippen LogP contribution in [0.1, 0.15) is 49.7 Å². The number of fused-ring (bicyclic) bond motifs is 1. The van der Waals surface area contributed by atoms with Gasteiger partial charge in [0.1, 0.15) is 0 Å². The minimum atomic E-state index is -0.888. The van der Waals surface area contributed by atoms with E-state index in [0.717, 1.165) is 19.3 Å². The van der Waals surface area contributed by atoms with Crippen LogP contribution in [0, 0.1) is 0 Å². The van der Waals surface area contributed by atoms with E-state index in [4.69, 9.17) is 5.11 Å². The average Bonchev–Trinajstić information content (AvgIpc) is 2.38.